The molecule has 2 aromatic carbocycles. The van der Waals surface area contributed by atoms with Crippen molar-refractivity contribution in [1.29, 1.82) is 0 Å². The topological polar surface area (TPSA) is 129 Å². The van der Waals surface area contributed by atoms with Crippen LogP contribution in [0.3, 0.4) is 0 Å². The highest BCUT2D eigenvalue weighted by molar-refractivity contribution is 5.95. The van der Waals surface area contributed by atoms with E-state index in [4.69, 9.17) is 19.9 Å². The molecular formula is C24H26N4O5. The minimum absolute atomic E-state index is 0.215. The summed E-state index contributed by atoms with van der Waals surface area (Å²) in [5.41, 5.74) is 9.26. The number of methoxy groups -OCH3 is 1. The summed E-state index contributed by atoms with van der Waals surface area (Å²) >= 11 is 0. The fraction of sp³-hybridized carbons (Fsp3) is 0.292. The number of hydrogen-bond acceptors (Lipinski definition) is 6. The smallest absolute Gasteiger partial charge is 0.258 e. The minimum atomic E-state index is -0.876. The molecule has 3 aromatic rings. The number of aromatic amines is 1. The summed E-state index contributed by atoms with van der Waals surface area (Å²) in [5, 5.41) is 9.89. The first-order chi connectivity index (χ1) is 15.9. The van der Waals surface area contributed by atoms with Crippen molar-refractivity contribution in [3.8, 4) is 28.4 Å². The molecule has 1 aliphatic rings. The molecule has 0 aliphatic carbocycles. The predicted molar refractivity (Wildman–Crippen MR) is 122 cm³/mol. The molecule has 0 fully saturated rings. The van der Waals surface area contributed by atoms with Crippen LogP contribution in [0.15, 0.2) is 42.6 Å². The van der Waals surface area contributed by atoms with Crippen LogP contribution in [0.4, 0.5) is 5.69 Å². The third kappa shape index (κ3) is 4.77. The van der Waals surface area contributed by atoms with Crippen LogP contribution in [0.5, 0.6) is 17.2 Å². The highest BCUT2D eigenvalue weighted by Gasteiger charge is 2.27. The van der Waals surface area contributed by atoms with E-state index in [1.807, 2.05) is 31.2 Å². The Kier molecular flexibility index (Phi) is 6.21. The molecule has 1 aromatic heterocycles. The fourth-order valence-corrected chi connectivity index (χ4v) is 3.69. The Bertz CT molecular complexity index is 1190. The van der Waals surface area contributed by atoms with Gasteiger partial charge in [0.15, 0.2) is 6.10 Å². The van der Waals surface area contributed by atoms with Crippen LogP contribution >= 0.6 is 0 Å². The number of hydrogen-bond donors (Lipinski definition) is 3. The van der Waals surface area contributed by atoms with Gasteiger partial charge in [-0.1, -0.05) is 6.07 Å². The number of amides is 2. The van der Waals surface area contributed by atoms with Crippen LogP contribution in [0.25, 0.3) is 11.1 Å². The van der Waals surface area contributed by atoms with Crippen molar-refractivity contribution >= 4 is 17.5 Å². The van der Waals surface area contributed by atoms with Crippen LogP contribution in [0.2, 0.25) is 0 Å². The second-order valence-electron chi connectivity index (χ2n) is 7.93. The van der Waals surface area contributed by atoms with Gasteiger partial charge in [0.25, 0.3) is 5.91 Å². The average molecular weight is 450 g/mol. The van der Waals surface area contributed by atoms with Gasteiger partial charge in [-0.3, -0.25) is 14.7 Å². The van der Waals surface area contributed by atoms with E-state index in [9.17, 15) is 9.59 Å². The van der Waals surface area contributed by atoms with Crippen LogP contribution in [0.1, 0.15) is 18.2 Å². The van der Waals surface area contributed by atoms with E-state index in [0.29, 0.717) is 23.6 Å². The van der Waals surface area contributed by atoms with Crippen molar-refractivity contribution in [3.05, 3.63) is 53.9 Å². The highest BCUT2D eigenvalue weighted by atomic mass is 16.5. The molecule has 1 aliphatic heterocycles. The van der Waals surface area contributed by atoms with E-state index in [-0.39, 0.29) is 12.5 Å². The fourth-order valence-electron chi connectivity index (χ4n) is 3.69. The van der Waals surface area contributed by atoms with Crippen molar-refractivity contribution in [3.63, 3.8) is 0 Å². The number of primary amides is 1. The number of carbonyl (C=O) groups excluding carboxylic acids is 2. The first-order valence-corrected chi connectivity index (χ1v) is 10.6. The van der Waals surface area contributed by atoms with Crippen LogP contribution < -0.4 is 25.3 Å². The number of H-pyrrole nitrogens is 1. The molecule has 4 N–H and O–H groups in total. The Balaban J connectivity index is 1.57. The molecule has 1 unspecified atom stereocenters. The maximum absolute atomic E-state index is 13.1. The average Bonchev–Trinajstić information content (AvgIpc) is 3.25. The number of nitrogens with zero attached hydrogens (tertiary/aromatic N) is 1. The van der Waals surface area contributed by atoms with Crippen LogP contribution in [-0.2, 0) is 16.0 Å². The summed E-state index contributed by atoms with van der Waals surface area (Å²) < 4.78 is 16.9. The number of aromatic nitrogens is 2. The standard InChI is InChI=1S/C24H26N4O5/c1-13-19(11-26-28-13)15-4-6-20(22(10-15)33-14(2)23(25)29)27-24(30)17-8-16-9-18(31-3)5-7-21(16)32-12-17/h4-7,9-11,14,17H,8,12H2,1-3H3,(H2,25,29)(H,26,28)(H,27,30)/t14-,17?/m0/s1. The maximum Gasteiger partial charge on any atom is 0.258 e. The number of nitrogens with one attached hydrogen (secondary N) is 2. The predicted octanol–water partition coefficient (Wildman–Crippen LogP) is 2.84. The lowest BCUT2D eigenvalue weighted by atomic mass is 9.95. The van der Waals surface area contributed by atoms with E-state index in [2.05, 4.69) is 15.5 Å². The lowest BCUT2D eigenvalue weighted by Crippen LogP contribution is -2.33. The van der Waals surface area contributed by atoms with Gasteiger partial charge >= 0.3 is 0 Å². The van der Waals surface area contributed by atoms with Gasteiger partial charge in [-0.2, -0.15) is 5.10 Å². The molecule has 2 atom stereocenters. The molecule has 2 heterocycles. The Labute approximate surface area is 191 Å². The zero-order valence-corrected chi connectivity index (χ0v) is 18.7. The number of carbonyl (C=O) groups is 2. The van der Waals surface area contributed by atoms with Crippen molar-refractivity contribution in [2.75, 3.05) is 19.0 Å². The van der Waals surface area contributed by atoms with Gasteiger partial charge in [-0.15, -0.1) is 0 Å². The van der Waals surface area contributed by atoms with Crippen molar-refractivity contribution in [2.24, 2.45) is 11.7 Å². The Morgan fingerprint density at radius 3 is 2.79 bits per heavy atom. The summed E-state index contributed by atoms with van der Waals surface area (Å²) in [5.74, 6) is 0.572. The zero-order valence-electron chi connectivity index (χ0n) is 18.7. The molecule has 0 radical (unpaired) electrons. The number of fused-ring (bicyclic) bond motifs is 1. The quantitative estimate of drug-likeness (QED) is 0.508. The lowest BCUT2D eigenvalue weighted by molar-refractivity contribution is -0.124. The van der Waals surface area contributed by atoms with Gasteiger partial charge in [0, 0.05) is 11.8 Å². The largest absolute Gasteiger partial charge is 0.497 e. The molecule has 9 nitrogen and oxygen atoms in total. The molecule has 9 heteroatoms. The number of anilines is 1. The Morgan fingerprint density at radius 1 is 1.27 bits per heavy atom. The minimum Gasteiger partial charge on any atom is -0.497 e. The summed E-state index contributed by atoms with van der Waals surface area (Å²) in [6, 6.07) is 10.9. The summed E-state index contributed by atoms with van der Waals surface area (Å²) in [6.45, 7) is 3.69. The zero-order chi connectivity index (χ0) is 23.5. The molecule has 172 valence electrons. The van der Waals surface area contributed by atoms with Crippen molar-refractivity contribution in [1.82, 2.24) is 10.2 Å². The van der Waals surface area contributed by atoms with Crippen LogP contribution in [0, 0.1) is 12.8 Å². The maximum atomic E-state index is 13.1. The Hall–Kier alpha value is -4.01. The molecule has 33 heavy (non-hydrogen) atoms. The monoisotopic (exact) mass is 450 g/mol. The Morgan fingerprint density at radius 2 is 2.09 bits per heavy atom. The molecule has 0 saturated heterocycles. The van der Waals surface area contributed by atoms with E-state index < -0.39 is 17.9 Å². The van der Waals surface area contributed by atoms with Gasteiger partial charge in [-0.05, 0) is 61.7 Å². The SMILES string of the molecule is COc1ccc2c(c1)CC(C(=O)Nc1ccc(-c3c[nH]nc3C)cc1O[C@@H](C)C(N)=O)CO2. The van der Waals surface area contributed by atoms with Gasteiger partial charge in [0.2, 0.25) is 5.91 Å². The van der Waals surface area contributed by atoms with Gasteiger partial charge < -0.3 is 25.3 Å². The van der Waals surface area contributed by atoms with E-state index in [1.54, 1.807) is 32.4 Å². The van der Waals surface area contributed by atoms with Crippen molar-refractivity contribution in [2.45, 2.75) is 26.4 Å². The third-order valence-corrected chi connectivity index (χ3v) is 5.63. The first-order valence-electron chi connectivity index (χ1n) is 10.6. The van der Waals surface area contributed by atoms with Gasteiger partial charge in [0.1, 0.15) is 23.9 Å². The third-order valence-electron chi connectivity index (χ3n) is 5.63. The molecule has 4 rings (SSSR count). The van der Waals surface area contributed by atoms with E-state index in [0.717, 1.165) is 28.1 Å². The number of benzene rings is 2. The number of ether oxygens (including phenoxy) is 3. The number of aryl methyl sites for hydroxylation is 1. The van der Waals surface area contributed by atoms with Crippen LogP contribution in [-0.4, -0.2) is 41.8 Å². The summed E-state index contributed by atoms with van der Waals surface area (Å²) in [4.78, 5) is 24.7. The highest BCUT2D eigenvalue weighted by Crippen LogP contribution is 2.34. The van der Waals surface area contributed by atoms with E-state index in [1.165, 1.54) is 0 Å². The molecule has 2 amide bonds. The molecule has 0 bridgehead atoms. The normalized spacial score (nSPS) is 15.7. The van der Waals surface area contributed by atoms with E-state index >= 15 is 0 Å². The number of rotatable bonds is 7. The van der Waals surface area contributed by atoms with Crippen molar-refractivity contribution < 1.29 is 23.8 Å². The lowest BCUT2D eigenvalue weighted by Gasteiger charge is -2.25. The second kappa shape index (κ2) is 9.23. The summed E-state index contributed by atoms with van der Waals surface area (Å²) in [7, 11) is 1.60. The molecule has 0 saturated carbocycles. The van der Waals surface area contributed by atoms with Gasteiger partial charge in [0.05, 0.1) is 24.4 Å². The van der Waals surface area contributed by atoms with Gasteiger partial charge in [-0.25, -0.2) is 0 Å². The second-order valence-corrected chi connectivity index (χ2v) is 7.93. The molecular weight excluding hydrogens is 424 g/mol. The summed E-state index contributed by atoms with van der Waals surface area (Å²) in [6.07, 6.45) is 1.41. The number of nitrogens with two attached hydrogens (primary N) is 1. The first kappa shape index (κ1) is 22.2. The molecule has 0 spiro atoms.